The number of amides is 1. The van der Waals surface area contributed by atoms with Crippen molar-refractivity contribution < 1.29 is 9.53 Å². The van der Waals surface area contributed by atoms with Crippen molar-refractivity contribution in [2.24, 2.45) is 5.92 Å². The van der Waals surface area contributed by atoms with E-state index in [4.69, 9.17) is 4.74 Å². The van der Waals surface area contributed by atoms with Gasteiger partial charge < -0.3 is 14.6 Å². The van der Waals surface area contributed by atoms with Crippen molar-refractivity contribution in [3.05, 3.63) is 51.7 Å². The van der Waals surface area contributed by atoms with Crippen LogP contribution in [0.25, 0.3) is 0 Å². The van der Waals surface area contributed by atoms with Gasteiger partial charge in [0, 0.05) is 11.4 Å². The molecule has 0 saturated heterocycles. The lowest BCUT2D eigenvalue weighted by atomic mass is 9.87. The van der Waals surface area contributed by atoms with E-state index in [0.29, 0.717) is 28.2 Å². The molecule has 2 unspecified atom stereocenters. The molecule has 0 aliphatic heterocycles. The Labute approximate surface area is 227 Å². The Morgan fingerprint density at radius 3 is 2.70 bits per heavy atom. The number of hydrogen-bond donors (Lipinski definition) is 1. The third kappa shape index (κ3) is 6.19. The van der Waals surface area contributed by atoms with Gasteiger partial charge in [-0.3, -0.25) is 4.79 Å². The summed E-state index contributed by atoms with van der Waals surface area (Å²) in [6, 6.07) is 10.5. The zero-order valence-electron chi connectivity index (χ0n) is 22.4. The number of carbonyl (C=O) groups is 1. The molecule has 37 heavy (non-hydrogen) atoms. The summed E-state index contributed by atoms with van der Waals surface area (Å²) >= 11 is 2.89. The highest BCUT2D eigenvalue weighted by atomic mass is 32.2. The molecule has 9 heteroatoms. The van der Waals surface area contributed by atoms with Crippen LogP contribution in [0, 0.1) is 17.2 Å². The molecule has 0 saturated carbocycles. The van der Waals surface area contributed by atoms with Crippen LogP contribution in [-0.4, -0.2) is 26.4 Å². The number of nitrogens with one attached hydrogen (secondary N) is 1. The van der Waals surface area contributed by atoms with Crippen molar-refractivity contribution >= 4 is 34.0 Å². The molecule has 1 amide bonds. The van der Waals surface area contributed by atoms with Gasteiger partial charge in [-0.15, -0.1) is 21.5 Å². The van der Waals surface area contributed by atoms with Gasteiger partial charge in [-0.05, 0) is 67.7 Å². The summed E-state index contributed by atoms with van der Waals surface area (Å²) in [7, 11) is 0. The first-order valence-electron chi connectivity index (χ1n) is 12.8. The SMILES string of the molecule is CCn1c(SCC(=O)Nc2sc3c(c2C#N)CCC(C)C3)nnc1C(C)Oc1ccc(C(C)(C)C)cc1. The van der Waals surface area contributed by atoms with Gasteiger partial charge in [0.05, 0.1) is 11.3 Å². The zero-order valence-corrected chi connectivity index (χ0v) is 24.1. The van der Waals surface area contributed by atoms with Crippen molar-refractivity contribution in [3.63, 3.8) is 0 Å². The maximum Gasteiger partial charge on any atom is 0.235 e. The highest BCUT2D eigenvalue weighted by Crippen LogP contribution is 2.39. The number of fused-ring (bicyclic) bond motifs is 1. The van der Waals surface area contributed by atoms with Crippen LogP contribution in [0.3, 0.4) is 0 Å². The monoisotopic (exact) mass is 537 g/mol. The maximum atomic E-state index is 12.8. The largest absolute Gasteiger partial charge is 0.483 e. The zero-order chi connectivity index (χ0) is 26.7. The van der Waals surface area contributed by atoms with E-state index < -0.39 is 0 Å². The Balaban J connectivity index is 1.39. The summed E-state index contributed by atoms with van der Waals surface area (Å²) in [5, 5.41) is 22.7. The first-order chi connectivity index (χ1) is 17.6. The lowest BCUT2D eigenvalue weighted by Gasteiger charge is -2.20. The predicted octanol–water partition coefficient (Wildman–Crippen LogP) is 6.52. The van der Waals surface area contributed by atoms with Crippen LogP contribution in [0.4, 0.5) is 5.00 Å². The summed E-state index contributed by atoms with van der Waals surface area (Å²) < 4.78 is 8.14. The van der Waals surface area contributed by atoms with Crippen LogP contribution in [0.15, 0.2) is 29.4 Å². The van der Waals surface area contributed by atoms with Gasteiger partial charge in [0.25, 0.3) is 0 Å². The molecule has 1 aliphatic carbocycles. The van der Waals surface area contributed by atoms with Gasteiger partial charge in [-0.25, -0.2) is 0 Å². The molecule has 2 atom stereocenters. The smallest absolute Gasteiger partial charge is 0.235 e. The summed E-state index contributed by atoms with van der Waals surface area (Å²) in [5.74, 6) is 2.15. The second kappa shape index (κ2) is 11.3. The first-order valence-corrected chi connectivity index (χ1v) is 14.6. The molecule has 4 rings (SSSR count). The number of anilines is 1. The lowest BCUT2D eigenvalue weighted by Crippen LogP contribution is -2.15. The van der Waals surface area contributed by atoms with Gasteiger partial charge in [0.1, 0.15) is 16.8 Å². The Hall–Kier alpha value is -2.83. The third-order valence-corrected chi connectivity index (χ3v) is 8.80. The number of nitrogens with zero attached hydrogens (tertiary/aromatic N) is 4. The second-order valence-corrected chi connectivity index (χ2v) is 12.7. The van der Waals surface area contributed by atoms with E-state index in [9.17, 15) is 10.1 Å². The highest BCUT2D eigenvalue weighted by molar-refractivity contribution is 7.99. The van der Waals surface area contributed by atoms with Crippen molar-refractivity contribution in [1.82, 2.24) is 14.8 Å². The van der Waals surface area contributed by atoms with E-state index >= 15 is 0 Å². The van der Waals surface area contributed by atoms with Crippen LogP contribution >= 0.6 is 23.1 Å². The van der Waals surface area contributed by atoms with E-state index in [1.165, 1.54) is 22.2 Å². The Kier molecular flexibility index (Phi) is 8.29. The van der Waals surface area contributed by atoms with Crippen molar-refractivity contribution in [1.29, 1.82) is 5.26 Å². The van der Waals surface area contributed by atoms with Gasteiger partial charge in [0.15, 0.2) is 17.1 Å². The molecule has 3 aromatic rings. The Morgan fingerprint density at radius 1 is 1.32 bits per heavy atom. The minimum atomic E-state index is -0.297. The van der Waals surface area contributed by atoms with Crippen LogP contribution < -0.4 is 10.1 Å². The van der Waals surface area contributed by atoms with E-state index in [1.54, 1.807) is 11.3 Å². The van der Waals surface area contributed by atoms with E-state index in [2.05, 4.69) is 61.4 Å². The summed E-state index contributed by atoms with van der Waals surface area (Å²) in [6.07, 6.45) is 2.67. The molecule has 196 valence electrons. The number of hydrogen-bond acceptors (Lipinski definition) is 7. The standard InChI is InChI=1S/C28H35N5O2S2/c1-7-33-25(18(3)35-20-11-9-19(10-12-20)28(4,5)6)31-32-27(33)36-16-24(34)30-26-22(15-29)21-13-8-17(2)14-23(21)37-26/h9-12,17-18H,7-8,13-14,16H2,1-6H3,(H,30,34). The average molecular weight is 538 g/mol. The maximum absolute atomic E-state index is 12.8. The molecule has 2 aromatic heterocycles. The van der Waals surface area contributed by atoms with Crippen LogP contribution in [-0.2, 0) is 29.6 Å². The van der Waals surface area contributed by atoms with E-state index in [0.717, 1.165) is 36.4 Å². The topological polar surface area (TPSA) is 92.8 Å². The van der Waals surface area contributed by atoms with Gasteiger partial charge in [-0.1, -0.05) is 51.6 Å². The third-order valence-electron chi connectivity index (χ3n) is 6.67. The highest BCUT2D eigenvalue weighted by Gasteiger charge is 2.25. The molecule has 1 aliphatic rings. The number of aromatic nitrogens is 3. The quantitative estimate of drug-likeness (QED) is 0.329. The Morgan fingerprint density at radius 2 is 2.05 bits per heavy atom. The number of rotatable bonds is 8. The molecule has 0 bridgehead atoms. The average Bonchev–Trinajstić information content (AvgIpc) is 3.42. The fraction of sp³-hybridized carbons (Fsp3) is 0.500. The fourth-order valence-corrected chi connectivity index (χ4v) is 6.73. The minimum absolute atomic E-state index is 0.0859. The predicted molar refractivity (Wildman–Crippen MR) is 149 cm³/mol. The van der Waals surface area contributed by atoms with Crippen LogP contribution in [0.1, 0.15) is 81.5 Å². The molecular weight excluding hydrogens is 502 g/mol. The lowest BCUT2D eigenvalue weighted by molar-refractivity contribution is -0.113. The number of ether oxygens (including phenoxy) is 1. The molecule has 0 fully saturated rings. The van der Waals surface area contributed by atoms with Gasteiger partial charge >= 0.3 is 0 Å². The molecular formula is C28H35N5O2S2. The fourth-order valence-electron chi connectivity index (χ4n) is 4.55. The minimum Gasteiger partial charge on any atom is -0.483 e. The van der Waals surface area contributed by atoms with Crippen LogP contribution in [0.5, 0.6) is 5.75 Å². The normalized spacial score (nSPS) is 16.1. The molecule has 0 radical (unpaired) electrons. The molecule has 7 nitrogen and oxygen atoms in total. The first kappa shape index (κ1) is 27.2. The summed E-state index contributed by atoms with van der Waals surface area (Å²) in [4.78, 5) is 14.0. The second-order valence-electron chi connectivity index (χ2n) is 10.6. The van der Waals surface area contributed by atoms with Crippen molar-refractivity contribution in [2.75, 3.05) is 11.1 Å². The number of thioether (sulfide) groups is 1. The number of benzene rings is 1. The summed E-state index contributed by atoms with van der Waals surface area (Å²) in [6.45, 7) is 13.4. The van der Waals surface area contributed by atoms with E-state index in [1.807, 2.05) is 30.5 Å². The van der Waals surface area contributed by atoms with Crippen LogP contribution in [0.2, 0.25) is 0 Å². The summed E-state index contributed by atoms with van der Waals surface area (Å²) in [5.41, 5.74) is 3.08. The van der Waals surface area contributed by atoms with Crippen molar-refractivity contribution in [2.45, 2.75) is 84.0 Å². The van der Waals surface area contributed by atoms with Gasteiger partial charge in [-0.2, -0.15) is 5.26 Å². The number of carbonyl (C=O) groups excluding carboxylic acids is 1. The Bertz CT molecular complexity index is 1300. The molecule has 0 spiro atoms. The number of thiophene rings is 1. The van der Waals surface area contributed by atoms with Crippen molar-refractivity contribution in [3.8, 4) is 11.8 Å². The molecule has 1 aromatic carbocycles. The van der Waals surface area contributed by atoms with Gasteiger partial charge in [0.2, 0.25) is 5.91 Å². The molecule has 1 N–H and O–H groups in total. The van der Waals surface area contributed by atoms with E-state index in [-0.39, 0.29) is 23.2 Å². The molecule has 2 heterocycles. The number of nitriles is 1.